The predicted octanol–water partition coefficient (Wildman–Crippen LogP) is 3.95. The molecule has 0 spiro atoms. The fourth-order valence-corrected chi connectivity index (χ4v) is 4.08. The number of pyridine rings is 1. The van der Waals surface area contributed by atoms with Crippen LogP contribution in [0.2, 0.25) is 0 Å². The lowest BCUT2D eigenvalue weighted by Crippen LogP contribution is -2.38. The summed E-state index contributed by atoms with van der Waals surface area (Å²) >= 11 is 0. The number of fused-ring (bicyclic) bond motifs is 1. The van der Waals surface area contributed by atoms with Crippen molar-refractivity contribution in [3.8, 4) is 5.69 Å². The molecule has 0 bridgehead atoms. The summed E-state index contributed by atoms with van der Waals surface area (Å²) in [5.74, 6) is -0.221. The number of aromatic amines is 1. The van der Waals surface area contributed by atoms with Gasteiger partial charge >= 0.3 is 17.8 Å². The van der Waals surface area contributed by atoms with Crippen molar-refractivity contribution in [2.24, 2.45) is 5.92 Å². The van der Waals surface area contributed by atoms with Crippen LogP contribution in [0.3, 0.4) is 0 Å². The summed E-state index contributed by atoms with van der Waals surface area (Å²) in [4.78, 5) is 18.4. The molecule has 3 heterocycles. The van der Waals surface area contributed by atoms with Crippen LogP contribution in [0.1, 0.15) is 31.0 Å². The van der Waals surface area contributed by atoms with E-state index in [1.165, 1.54) is 0 Å². The molecule has 1 aromatic carbocycles. The number of nitrogens with one attached hydrogen (secondary N) is 1. The lowest BCUT2D eigenvalue weighted by Gasteiger charge is -2.30. The van der Waals surface area contributed by atoms with Crippen molar-refractivity contribution in [3.63, 3.8) is 0 Å². The number of aryl methyl sites for hydroxylation is 1. The number of H-pyrrole nitrogens is 1. The minimum atomic E-state index is -4.53. The maximum atomic E-state index is 14.0. The van der Waals surface area contributed by atoms with E-state index in [1.54, 1.807) is 18.5 Å². The van der Waals surface area contributed by atoms with E-state index in [0.717, 1.165) is 6.07 Å². The number of aromatic nitrogens is 3. The first-order valence-corrected chi connectivity index (χ1v) is 10.3. The van der Waals surface area contributed by atoms with Gasteiger partial charge in [-0.3, -0.25) is 4.79 Å². The quantitative estimate of drug-likeness (QED) is 0.500. The third kappa shape index (κ3) is 4.08. The number of piperidine rings is 1. The summed E-state index contributed by atoms with van der Waals surface area (Å²) in [6, 6.07) is 10.2. The molecule has 1 aliphatic rings. The smallest absolute Gasteiger partial charge is 0.417 e. The molecule has 0 atom stereocenters. The molecule has 0 amide bonds. The van der Waals surface area contributed by atoms with Crippen molar-refractivity contribution in [1.29, 1.82) is 0 Å². The van der Waals surface area contributed by atoms with Gasteiger partial charge in [-0.15, -0.1) is 4.68 Å². The Morgan fingerprint density at radius 2 is 1.94 bits per heavy atom. The van der Waals surface area contributed by atoms with Gasteiger partial charge in [-0.1, -0.05) is 18.2 Å². The van der Waals surface area contributed by atoms with Crippen LogP contribution in [-0.4, -0.2) is 35.7 Å². The molecule has 0 saturated carbocycles. The maximum Gasteiger partial charge on any atom is 0.417 e. The van der Waals surface area contributed by atoms with Crippen LogP contribution in [0, 0.1) is 12.8 Å². The number of esters is 1. The highest BCUT2D eigenvalue weighted by Crippen LogP contribution is 2.37. The Morgan fingerprint density at radius 3 is 2.55 bits per heavy atom. The summed E-state index contributed by atoms with van der Waals surface area (Å²) in [5, 5.41) is 3.08. The lowest BCUT2D eigenvalue weighted by atomic mass is 9.97. The first-order valence-electron chi connectivity index (χ1n) is 10.3. The molecule has 2 aromatic heterocycles. The molecule has 0 aliphatic carbocycles. The van der Waals surface area contributed by atoms with Gasteiger partial charge in [0, 0.05) is 19.2 Å². The summed E-state index contributed by atoms with van der Waals surface area (Å²) < 4.78 is 48.6. The predicted molar refractivity (Wildman–Crippen MR) is 109 cm³/mol. The van der Waals surface area contributed by atoms with Gasteiger partial charge in [0.2, 0.25) is 5.82 Å². The van der Waals surface area contributed by atoms with E-state index in [9.17, 15) is 18.0 Å². The molecule has 1 fully saturated rings. The largest absolute Gasteiger partial charge is 0.466 e. The SMILES string of the molecule is CCOC(=O)C1CCN(c2cc(C(F)(F)F)c3c(C)[nH][n+](-c4ccccc4)c3n2)CC1. The Balaban J connectivity index is 1.76. The van der Waals surface area contributed by atoms with Crippen molar-refractivity contribution >= 4 is 22.8 Å². The van der Waals surface area contributed by atoms with Crippen molar-refractivity contribution in [2.75, 3.05) is 24.6 Å². The highest BCUT2D eigenvalue weighted by Gasteiger charge is 2.39. The molecule has 1 saturated heterocycles. The Morgan fingerprint density at radius 1 is 1.26 bits per heavy atom. The minimum Gasteiger partial charge on any atom is -0.466 e. The monoisotopic (exact) mass is 433 g/mol. The zero-order valence-corrected chi connectivity index (χ0v) is 17.4. The van der Waals surface area contributed by atoms with Gasteiger partial charge in [-0.2, -0.15) is 13.2 Å². The summed E-state index contributed by atoms with van der Waals surface area (Å²) in [6.07, 6.45) is -3.49. The van der Waals surface area contributed by atoms with Crippen LogP contribution >= 0.6 is 0 Å². The van der Waals surface area contributed by atoms with Gasteiger partial charge in [0.05, 0.1) is 23.8 Å². The van der Waals surface area contributed by atoms with Gasteiger partial charge < -0.3 is 9.64 Å². The lowest BCUT2D eigenvalue weighted by molar-refractivity contribution is -0.632. The van der Waals surface area contributed by atoms with Crippen molar-refractivity contribution in [3.05, 3.63) is 47.7 Å². The Hall–Kier alpha value is -3.10. The van der Waals surface area contributed by atoms with E-state index < -0.39 is 11.7 Å². The van der Waals surface area contributed by atoms with Crippen molar-refractivity contribution in [1.82, 2.24) is 10.1 Å². The summed E-state index contributed by atoms with van der Waals surface area (Å²) in [7, 11) is 0. The molecule has 0 radical (unpaired) electrons. The fraction of sp³-hybridized carbons (Fsp3) is 0.409. The van der Waals surface area contributed by atoms with Gasteiger partial charge in [0.1, 0.15) is 5.39 Å². The van der Waals surface area contributed by atoms with Gasteiger partial charge in [-0.05, 0) is 43.8 Å². The number of hydrogen-bond donors (Lipinski definition) is 1. The molecule has 9 heteroatoms. The number of carbonyl (C=O) groups is 1. The molecule has 31 heavy (non-hydrogen) atoms. The third-order valence-corrected chi connectivity index (χ3v) is 5.61. The second-order valence-electron chi connectivity index (χ2n) is 7.65. The number of rotatable bonds is 4. The van der Waals surface area contributed by atoms with E-state index in [2.05, 4.69) is 10.1 Å². The normalized spacial score (nSPS) is 15.5. The highest BCUT2D eigenvalue weighted by molar-refractivity contribution is 5.82. The first-order chi connectivity index (χ1) is 14.8. The average molecular weight is 433 g/mol. The molecular formula is C22H24F3N4O2+. The van der Waals surface area contributed by atoms with Crippen molar-refractivity contribution < 1.29 is 27.4 Å². The molecule has 1 N–H and O–H groups in total. The molecule has 1 aliphatic heterocycles. The number of halogens is 3. The molecule has 6 nitrogen and oxygen atoms in total. The number of ether oxygens (including phenoxy) is 1. The number of para-hydroxylation sites is 1. The molecular weight excluding hydrogens is 409 g/mol. The van der Waals surface area contributed by atoms with E-state index >= 15 is 0 Å². The second kappa shape index (κ2) is 8.20. The van der Waals surface area contributed by atoms with Crippen LogP contribution in [0.5, 0.6) is 0 Å². The minimum absolute atomic E-state index is 0.0570. The van der Waals surface area contributed by atoms with E-state index in [4.69, 9.17) is 4.74 Å². The summed E-state index contributed by atoms with van der Waals surface area (Å²) in [6.45, 7) is 4.56. The molecule has 0 unspecified atom stereocenters. The molecule has 4 rings (SSSR count). The highest BCUT2D eigenvalue weighted by atomic mass is 19.4. The Labute approximate surface area is 177 Å². The average Bonchev–Trinajstić information content (AvgIpc) is 3.10. The van der Waals surface area contributed by atoms with Crippen molar-refractivity contribution in [2.45, 2.75) is 32.9 Å². The van der Waals surface area contributed by atoms with Crippen LogP contribution in [0.4, 0.5) is 19.0 Å². The number of nitrogens with zero attached hydrogens (tertiary/aromatic N) is 3. The Kier molecular flexibility index (Phi) is 5.60. The third-order valence-electron chi connectivity index (χ3n) is 5.61. The second-order valence-corrected chi connectivity index (χ2v) is 7.65. The number of anilines is 1. The van der Waals surface area contributed by atoms with E-state index in [-0.39, 0.29) is 28.7 Å². The fourth-order valence-electron chi connectivity index (χ4n) is 4.08. The maximum absolute atomic E-state index is 14.0. The Bertz CT molecular complexity index is 1090. The summed E-state index contributed by atoms with van der Waals surface area (Å²) in [5.41, 5.74) is 0.593. The zero-order valence-electron chi connectivity index (χ0n) is 17.4. The van der Waals surface area contributed by atoms with Gasteiger partial charge in [-0.25, -0.2) is 5.10 Å². The number of carbonyl (C=O) groups excluding carboxylic acids is 1. The molecule has 3 aromatic rings. The van der Waals surface area contributed by atoms with Crippen LogP contribution < -0.4 is 9.58 Å². The standard InChI is InChI=1S/C22H23F3N4O2/c1-3-31-21(30)15-9-11-28(12-10-15)18-13-17(22(23,24)25)19-14(2)27-29(20(19)26-18)16-7-5-4-6-8-16/h4-8,13,15H,3,9-12H2,1-2H3/p+1. The van der Waals surface area contributed by atoms with Crippen LogP contribution in [0.15, 0.2) is 36.4 Å². The number of hydrogen-bond acceptors (Lipinski definition) is 4. The van der Waals surface area contributed by atoms with E-state index in [1.807, 2.05) is 35.2 Å². The zero-order chi connectivity index (χ0) is 22.2. The number of alkyl halides is 3. The van der Waals surface area contributed by atoms with Gasteiger partial charge in [0.15, 0.2) is 5.69 Å². The van der Waals surface area contributed by atoms with E-state index in [0.29, 0.717) is 43.9 Å². The van der Waals surface area contributed by atoms with Gasteiger partial charge in [0.25, 0.3) is 0 Å². The first kappa shape index (κ1) is 21.1. The van der Waals surface area contributed by atoms with Crippen LogP contribution in [0.25, 0.3) is 16.7 Å². The van der Waals surface area contributed by atoms with Crippen LogP contribution in [-0.2, 0) is 15.7 Å². The topological polar surface area (TPSA) is 62.1 Å². The number of benzene rings is 1. The molecule has 164 valence electrons.